The van der Waals surface area contributed by atoms with E-state index in [1.807, 2.05) is 0 Å². The maximum Gasteiger partial charge on any atom is 0.414 e. The van der Waals surface area contributed by atoms with Crippen LogP contribution in [0.5, 0.6) is 0 Å². The van der Waals surface area contributed by atoms with Gasteiger partial charge in [0.2, 0.25) is 0 Å². The van der Waals surface area contributed by atoms with Gasteiger partial charge in [-0.25, -0.2) is 14.4 Å². The van der Waals surface area contributed by atoms with Crippen molar-refractivity contribution in [2.24, 2.45) is 0 Å². The minimum Gasteiger partial charge on any atom is -0.478 e. The van der Waals surface area contributed by atoms with Crippen LogP contribution in [0.2, 0.25) is 0 Å². The van der Waals surface area contributed by atoms with Crippen molar-refractivity contribution in [1.82, 2.24) is 4.98 Å². The molecule has 1 rings (SSSR count). The van der Waals surface area contributed by atoms with E-state index < -0.39 is 17.9 Å². The van der Waals surface area contributed by atoms with E-state index in [9.17, 15) is 4.79 Å². The number of carboxylic acid groups (broad SMARTS) is 3. The molecule has 0 saturated carbocycles. The van der Waals surface area contributed by atoms with Crippen molar-refractivity contribution in [3.05, 3.63) is 30.1 Å². The number of carboxylic acids is 3. The van der Waals surface area contributed by atoms with E-state index in [0.717, 1.165) is 0 Å². The average Bonchev–Trinajstić information content (AvgIpc) is 2.20. The van der Waals surface area contributed by atoms with Crippen molar-refractivity contribution in [2.75, 3.05) is 0 Å². The van der Waals surface area contributed by atoms with E-state index >= 15 is 0 Å². The predicted octanol–water partition coefficient (Wildman–Crippen LogP) is -0.0646. The molecule has 0 unspecified atom stereocenters. The lowest BCUT2D eigenvalue weighted by Crippen LogP contribution is -2.09. The Kier molecular flexibility index (Phi) is 5.09. The van der Waals surface area contributed by atoms with Crippen LogP contribution in [0.25, 0.3) is 0 Å². The highest BCUT2D eigenvalue weighted by Crippen LogP contribution is 1.93. The maximum atomic E-state index is 10.2. The fourth-order valence-corrected chi connectivity index (χ4v) is 0.494. The molecule has 0 aliphatic rings. The summed E-state index contributed by atoms with van der Waals surface area (Å²) in [6.07, 6.45) is 2.90. The molecule has 0 spiro atoms. The topological polar surface area (TPSA) is 125 Å². The van der Waals surface area contributed by atoms with Gasteiger partial charge in [0.1, 0.15) is 0 Å². The monoisotopic (exact) mass is 213 g/mol. The van der Waals surface area contributed by atoms with Gasteiger partial charge in [0.05, 0.1) is 5.56 Å². The number of hydrogen-bond acceptors (Lipinski definition) is 4. The van der Waals surface area contributed by atoms with Crippen LogP contribution in [0.15, 0.2) is 24.5 Å². The molecular formula is C8H7NO6. The van der Waals surface area contributed by atoms with Crippen molar-refractivity contribution in [1.29, 1.82) is 0 Å². The molecule has 0 aromatic carbocycles. The molecular weight excluding hydrogens is 206 g/mol. The lowest BCUT2D eigenvalue weighted by Gasteiger charge is -1.87. The number of pyridine rings is 1. The zero-order chi connectivity index (χ0) is 11.8. The molecule has 0 atom stereocenters. The number of aromatic nitrogens is 1. The zero-order valence-electron chi connectivity index (χ0n) is 7.32. The fraction of sp³-hybridized carbons (Fsp3) is 0. The molecule has 7 nitrogen and oxygen atoms in total. The molecule has 0 aliphatic heterocycles. The standard InChI is InChI=1S/C6H5NO2.C2H2O4/c8-6(9)5-1-3-7-4-2-5;3-1(4)2(5)6/h1-4H,(H,8,9);(H,3,4)(H,5,6). The minimum atomic E-state index is -1.82. The largest absolute Gasteiger partial charge is 0.478 e. The zero-order valence-corrected chi connectivity index (χ0v) is 7.32. The molecule has 0 saturated heterocycles. The van der Waals surface area contributed by atoms with Gasteiger partial charge in [-0.05, 0) is 12.1 Å². The quantitative estimate of drug-likeness (QED) is 0.557. The number of rotatable bonds is 1. The molecule has 1 aromatic rings. The van der Waals surface area contributed by atoms with E-state index in [1.54, 1.807) is 0 Å². The van der Waals surface area contributed by atoms with E-state index in [0.29, 0.717) is 0 Å². The Bertz CT molecular complexity index is 349. The highest BCUT2D eigenvalue weighted by molar-refractivity contribution is 6.27. The van der Waals surface area contributed by atoms with Crippen LogP contribution >= 0.6 is 0 Å². The normalized spacial score (nSPS) is 8.27. The fourth-order valence-electron chi connectivity index (χ4n) is 0.494. The van der Waals surface area contributed by atoms with Crippen LogP contribution in [0, 0.1) is 0 Å². The Morgan fingerprint density at radius 3 is 1.53 bits per heavy atom. The van der Waals surface area contributed by atoms with Crippen LogP contribution in [-0.4, -0.2) is 38.2 Å². The number of aliphatic carboxylic acids is 2. The SMILES string of the molecule is O=C(O)C(=O)O.O=C(O)c1ccncc1. The van der Waals surface area contributed by atoms with Crippen molar-refractivity contribution >= 4 is 17.9 Å². The van der Waals surface area contributed by atoms with Crippen LogP contribution in [0.1, 0.15) is 10.4 Å². The summed E-state index contributed by atoms with van der Waals surface area (Å²) >= 11 is 0. The summed E-state index contributed by atoms with van der Waals surface area (Å²) in [5.41, 5.74) is 0.269. The lowest BCUT2D eigenvalue weighted by molar-refractivity contribution is -0.159. The van der Waals surface area contributed by atoms with Crippen LogP contribution < -0.4 is 0 Å². The Balaban J connectivity index is 0.000000288. The van der Waals surface area contributed by atoms with Gasteiger partial charge in [0, 0.05) is 12.4 Å². The second-order valence-corrected chi connectivity index (χ2v) is 2.15. The predicted molar refractivity (Wildman–Crippen MR) is 46.5 cm³/mol. The third-order valence-electron chi connectivity index (χ3n) is 1.11. The molecule has 80 valence electrons. The number of aromatic carboxylic acids is 1. The van der Waals surface area contributed by atoms with E-state index in [4.69, 9.17) is 24.9 Å². The van der Waals surface area contributed by atoms with E-state index in [2.05, 4.69) is 4.98 Å². The molecule has 3 N–H and O–H groups in total. The number of carbonyl (C=O) groups is 3. The molecule has 7 heteroatoms. The Morgan fingerprint density at radius 1 is 0.933 bits per heavy atom. The molecule has 15 heavy (non-hydrogen) atoms. The van der Waals surface area contributed by atoms with Crippen molar-refractivity contribution in [3.63, 3.8) is 0 Å². The second kappa shape index (κ2) is 6.08. The first-order valence-corrected chi connectivity index (χ1v) is 3.54. The first-order valence-electron chi connectivity index (χ1n) is 3.54. The van der Waals surface area contributed by atoms with Crippen molar-refractivity contribution in [2.45, 2.75) is 0 Å². The number of hydrogen-bond donors (Lipinski definition) is 3. The summed E-state index contributed by atoms with van der Waals surface area (Å²) < 4.78 is 0. The van der Waals surface area contributed by atoms with Crippen molar-refractivity contribution in [3.8, 4) is 0 Å². The first-order chi connectivity index (χ1) is 6.95. The number of nitrogens with zero attached hydrogens (tertiary/aromatic N) is 1. The molecule has 0 radical (unpaired) electrons. The van der Waals surface area contributed by atoms with Gasteiger partial charge in [-0.3, -0.25) is 4.98 Å². The molecule has 1 aromatic heterocycles. The maximum absolute atomic E-state index is 10.2. The first kappa shape index (κ1) is 12.6. The van der Waals surface area contributed by atoms with Crippen LogP contribution in [0.3, 0.4) is 0 Å². The van der Waals surface area contributed by atoms with Crippen molar-refractivity contribution < 1.29 is 29.7 Å². The Labute approximate surface area is 83.6 Å². The molecule has 0 bridgehead atoms. The average molecular weight is 213 g/mol. The third kappa shape index (κ3) is 5.75. The third-order valence-corrected chi connectivity index (χ3v) is 1.11. The smallest absolute Gasteiger partial charge is 0.414 e. The van der Waals surface area contributed by atoms with Gasteiger partial charge in [0.15, 0.2) is 0 Å². The minimum absolute atomic E-state index is 0.269. The Morgan fingerprint density at radius 2 is 1.33 bits per heavy atom. The van der Waals surface area contributed by atoms with E-state index in [1.165, 1.54) is 24.5 Å². The highest BCUT2D eigenvalue weighted by Gasteiger charge is 2.04. The van der Waals surface area contributed by atoms with Gasteiger partial charge in [-0.15, -0.1) is 0 Å². The summed E-state index contributed by atoms with van der Waals surface area (Å²) in [4.78, 5) is 32.0. The lowest BCUT2D eigenvalue weighted by atomic mass is 10.3. The van der Waals surface area contributed by atoms with Gasteiger partial charge in [-0.1, -0.05) is 0 Å². The van der Waals surface area contributed by atoms with Crippen LogP contribution in [0.4, 0.5) is 0 Å². The summed E-state index contributed by atoms with van der Waals surface area (Å²) in [6, 6.07) is 2.89. The van der Waals surface area contributed by atoms with Gasteiger partial charge in [-0.2, -0.15) is 0 Å². The van der Waals surface area contributed by atoms with Crippen LogP contribution in [-0.2, 0) is 9.59 Å². The summed E-state index contributed by atoms with van der Waals surface area (Å²) in [7, 11) is 0. The summed E-state index contributed by atoms with van der Waals surface area (Å²) in [5, 5.41) is 23.1. The van der Waals surface area contributed by atoms with Gasteiger partial charge < -0.3 is 15.3 Å². The highest BCUT2D eigenvalue weighted by atomic mass is 16.4. The second-order valence-electron chi connectivity index (χ2n) is 2.15. The molecule has 0 amide bonds. The van der Waals surface area contributed by atoms with Gasteiger partial charge >= 0.3 is 17.9 Å². The van der Waals surface area contributed by atoms with Gasteiger partial charge in [0.25, 0.3) is 0 Å². The Hall–Kier alpha value is -2.44. The molecule has 0 aliphatic carbocycles. The summed E-state index contributed by atoms with van der Waals surface area (Å²) in [6.45, 7) is 0. The van der Waals surface area contributed by atoms with E-state index in [-0.39, 0.29) is 5.56 Å². The molecule has 1 heterocycles. The molecule has 0 fully saturated rings. The summed E-state index contributed by atoms with van der Waals surface area (Å²) in [5.74, 6) is -4.57.